The maximum Gasteiger partial charge on any atom is 0.253 e. The number of hydrogen-bond acceptors (Lipinski definition) is 2. The van der Waals surface area contributed by atoms with Gasteiger partial charge in [0.2, 0.25) is 0 Å². The first kappa shape index (κ1) is 14.1. The molecule has 0 spiro atoms. The minimum Gasteiger partial charge on any atom is -0.377 e. The van der Waals surface area contributed by atoms with Crippen molar-refractivity contribution >= 4 is 11.6 Å². The summed E-state index contributed by atoms with van der Waals surface area (Å²) in [6.07, 6.45) is 0. The van der Waals surface area contributed by atoms with E-state index in [1.165, 1.54) is 6.07 Å². The van der Waals surface area contributed by atoms with Gasteiger partial charge in [-0.3, -0.25) is 4.79 Å². The number of anilines is 1. The van der Waals surface area contributed by atoms with E-state index in [0.29, 0.717) is 11.1 Å². The summed E-state index contributed by atoms with van der Waals surface area (Å²) in [6, 6.07) is 13.7. The lowest BCUT2D eigenvalue weighted by atomic mass is 10.1. The Balaban J connectivity index is 2.12. The molecule has 0 aliphatic carbocycles. The van der Waals surface area contributed by atoms with Crippen LogP contribution in [0.4, 0.5) is 10.1 Å². The van der Waals surface area contributed by atoms with Gasteiger partial charge in [-0.05, 0) is 18.2 Å². The summed E-state index contributed by atoms with van der Waals surface area (Å²) in [5, 5.41) is 2.75. The average molecular weight is 272 g/mol. The number of nitrogens with one attached hydrogen (secondary N) is 1. The van der Waals surface area contributed by atoms with Gasteiger partial charge in [-0.2, -0.15) is 0 Å². The number of hydrogen-bond donors (Lipinski definition) is 1. The van der Waals surface area contributed by atoms with Crippen molar-refractivity contribution < 1.29 is 9.18 Å². The molecule has 3 nitrogen and oxygen atoms in total. The summed E-state index contributed by atoms with van der Waals surface area (Å²) in [5.74, 6) is -0.522. The van der Waals surface area contributed by atoms with Crippen LogP contribution in [-0.4, -0.2) is 20.0 Å². The number of amides is 1. The molecule has 0 saturated heterocycles. The molecular formula is C16H17FN2O. The fourth-order valence-corrected chi connectivity index (χ4v) is 1.97. The summed E-state index contributed by atoms with van der Waals surface area (Å²) >= 11 is 0. The molecule has 0 atom stereocenters. The highest BCUT2D eigenvalue weighted by Crippen LogP contribution is 2.17. The molecule has 2 aromatic carbocycles. The molecule has 2 aromatic rings. The van der Waals surface area contributed by atoms with Crippen LogP contribution in [-0.2, 0) is 6.54 Å². The minimum absolute atomic E-state index is 0.174. The molecule has 20 heavy (non-hydrogen) atoms. The molecule has 0 unspecified atom stereocenters. The fourth-order valence-electron chi connectivity index (χ4n) is 1.97. The van der Waals surface area contributed by atoms with Gasteiger partial charge in [0.1, 0.15) is 5.82 Å². The minimum atomic E-state index is -0.311. The van der Waals surface area contributed by atoms with E-state index in [1.807, 2.05) is 37.2 Å². The third-order valence-electron chi connectivity index (χ3n) is 3.03. The summed E-state index contributed by atoms with van der Waals surface area (Å²) in [6.45, 7) is 0.174. The van der Waals surface area contributed by atoms with Crippen LogP contribution >= 0.6 is 0 Å². The Hall–Kier alpha value is -2.36. The summed E-state index contributed by atoms with van der Waals surface area (Å²) in [4.78, 5) is 14.1. The molecule has 1 N–H and O–H groups in total. The number of benzene rings is 2. The van der Waals surface area contributed by atoms with Crippen molar-refractivity contribution in [2.45, 2.75) is 6.54 Å². The molecule has 0 fully saturated rings. The highest BCUT2D eigenvalue weighted by molar-refractivity contribution is 5.99. The molecule has 0 saturated carbocycles. The SMILES string of the molecule is CN(C)c1ccccc1C(=O)NCc1ccccc1F. The van der Waals surface area contributed by atoms with Gasteiger partial charge in [0.15, 0.2) is 0 Å². The van der Waals surface area contributed by atoms with Crippen LogP contribution in [0.25, 0.3) is 0 Å². The Morgan fingerprint density at radius 1 is 1.10 bits per heavy atom. The van der Waals surface area contributed by atoms with Crippen LogP contribution < -0.4 is 10.2 Å². The van der Waals surface area contributed by atoms with Gasteiger partial charge in [-0.1, -0.05) is 30.3 Å². The topological polar surface area (TPSA) is 32.3 Å². The van der Waals surface area contributed by atoms with E-state index in [9.17, 15) is 9.18 Å². The number of para-hydroxylation sites is 1. The second kappa shape index (κ2) is 6.19. The van der Waals surface area contributed by atoms with Crippen molar-refractivity contribution in [2.75, 3.05) is 19.0 Å². The van der Waals surface area contributed by atoms with Crippen LogP contribution in [0.15, 0.2) is 48.5 Å². The van der Waals surface area contributed by atoms with Crippen molar-refractivity contribution in [1.29, 1.82) is 0 Å². The summed E-state index contributed by atoms with van der Waals surface area (Å²) in [7, 11) is 3.76. The zero-order valence-corrected chi connectivity index (χ0v) is 11.6. The van der Waals surface area contributed by atoms with E-state index < -0.39 is 0 Å². The average Bonchev–Trinajstić information content (AvgIpc) is 2.46. The standard InChI is InChI=1S/C16H17FN2O/c1-19(2)15-10-6-4-8-13(15)16(20)18-11-12-7-3-5-9-14(12)17/h3-10H,11H2,1-2H3,(H,18,20). The highest BCUT2D eigenvalue weighted by atomic mass is 19.1. The number of nitrogens with zero attached hydrogens (tertiary/aromatic N) is 1. The molecule has 0 aliphatic heterocycles. The second-order valence-corrected chi connectivity index (χ2v) is 4.69. The lowest BCUT2D eigenvalue weighted by molar-refractivity contribution is 0.0951. The van der Waals surface area contributed by atoms with Crippen molar-refractivity contribution in [3.63, 3.8) is 0 Å². The highest BCUT2D eigenvalue weighted by Gasteiger charge is 2.12. The van der Waals surface area contributed by atoms with E-state index in [4.69, 9.17) is 0 Å². The molecule has 0 aliphatic rings. The van der Waals surface area contributed by atoms with Gasteiger partial charge < -0.3 is 10.2 Å². The fraction of sp³-hybridized carbons (Fsp3) is 0.188. The van der Waals surface area contributed by atoms with E-state index >= 15 is 0 Å². The van der Waals surface area contributed by atoms with Gasteiger partial charge >= 0.3 is 0 Å². The van der Waals surface area contributed by atoms with E-state index in [1.54, 1.807) is 24.3 Å². The van der Waals surface area contributed by atoms with Crippen molar-refractivity contribution in [1.82, 2.24) is 5.32 Å². The van der Waals surface area contributed by atoms with E-state index in [2.05, 4.69) is 5.32 Å². The molecule has 0 aromatic heterocycles. The largest absolute Gasteiger partial charge is 0.377 e. The maximum absolute atomic E-state index is 13.5. The number of carbonyl (C=O) groups is 1. The predicted molar refractivity (Wildman–Crippen MR) is 78.3 cm³/mol. The molecule has 0 bridgehead atoms. The molecular weight excluding hydrogens is 255 g/mol. The Kier molecular flexibility index (Phi) is 4.35. The van der Waals surface area contributed by atoms with Crippen LogP contribution in [0.2, 0.25) is 0 Å². The lowest BCUT2D eigenvalue weighted by Gasteiger charge is -2.17. The zero-order chi connectivity index (χ0) is 14.5. The Morgan fingerprint density at radius 3 is 2.45 bits per heavy atom. The molecule has 104 valence electrons. The zero-order valence-electron chi connectivity index (χ0n) is 11.6. The second-order valence-electron chi connectivity index (χ2n) is 4.69. The van der Waals surface area contributed by atoms with Gasteiger partial charge in [0, 0.05) is 31.9 Å². The quantitative estimate of drug-likeness (QED) is 0.928. The Labute approximate surface area is 118 Å². The Bertz CT molecular complexity index is 611. The monoisotopic (exact) mass is 272 g/mol. The molecule has 1 amide bonds. The van der Waals surface area contributed by atoms with Gasteiger partial charge in [-0.25, -0.2) is 4.39 Å². The molecule has 2 rings (SSSR count). The smallest absolute Gasteiger partial charge is 0.253 e. The number of halogens is 1. The third-order valence-corrected chi connectivity index (χ3v) is 3.03. The maximum atomic E-state index is 13.5. The van der Waals surface area contributed by atoms with Crippen LogP contribution in [0.5, 0.6) is 0 Å². The van der Waals surface area contributed by atoms with Gasteiger partial charge in [-0.15, -0.1) is 0 Å². The predicted octanol–water partition coefficient (Wildman–Crippen LogP) is 2.82. The van der Waals surface area contributed by atoms with Gasteiger partial charge in [0.05, 0.1) is 5.56 Å². The summed E-state index contributed by atoms with van der Waals surface area (Å²) in [5.41, 5.74) is 1.88. The third kappa shape index (κ3) is 3.15. The van der Waals surface area contributed by atoms with Gasteiger partial charge in [0.25, 0.3) is 5.91 Å². The van der Waals surface area contributed by atoms with Crippen LogP contribution in [0, 0.1) is 5.82 Å². The number of carbonyl (C=O) groups excluding carboxylic acids is 1. The van der Waals surface area contributed by atoms with Crippen LogP contribution in [0.1, 0.15) is 15.9 Å². The van der Waals surface area contributed by atoms with E-state index in [-0.39, 0.29) is 18.3 Å². The summed E-state index contributed by atoms with van der Waals surface area (Å²) < 4.78 is 13.5. The first-order valence-corrected chi connectivity index (χ1v) is 6.37. The molecule has 0 radical (unpaired) electrons. The normalized spacial score (nSPS) is 10.2. The first-order valence-electron chi connectivity index (χ1n) is 6.37. The first-order chi connectivity index (χ1) is 9.59. The van der Waals surface area contributed by atoms with Crippen molar-refractivity contribution in [2.24, 2.45) is 0 Å². The Morgan fingerprint density at radius 2 is 1.75 bits per heavy atom. The lowest BCUT2D eigenvalue weighted by Crippen LogP contribution is -2.25. The molecule has 0 heterocycles. The van der Waals surface area contributed by atoms with Crippen LogP contribution in [0.3, 0.4) is 0 Å². The van der Waals surface area contributed by atoms with E-state index in [0.717, 1.165) is 5.69 Å². The number of rotatable bonds is 4. The van der Waals surface area contributed by atoms with Crippen molar-refractivity contribution in [3.05, 3.63) is 65.5 Å². The molecule has 4 heteroatoms. The van der Waals surface area contributed by atoms with Crippen molar-refractivity contribution in [3.8, 4) is 0 Å².